The Labute approximate surface area is 146 Å². The van der Waals surface area contributed by atoms with Gasteiger partial charge in [-0.3, -0.25) is 4.79 Å². The number of hydrogen-bond acceptors (Lipinski definition) is 4. The third-order valence-corrected chi connectivity index (χ3v) is 4.39. The van der Waals surface area contributed by atoms with Crippen LogP contribution >= 0.6 is 0 Å². The van der Waals surface area contributed by atoms with Crippen LogP contribution in [0, 0.1) is 12.8 Å². The number of nitrogens with one attached hydrogen (secondary N) is 1. The molecule has 1 saturated heterocycles. The van der Waals surface area contributed by atoms with Gasteiger partial charge in [-0.2, -0.15) is 0 Å². The van der Waals surface area contributed by atoms with Crippen molar-refractivity contribution in [2.24, 2.45) is 11.7 Å². The predicted octanol–water partition coefficient (Wildman–Crippen LogP) is 1.71. The van der Waals surface area contributed by atoms with Crippen LogP contribution in [0.5, 0.6) is 0 Å². The highest BCUT2D eigenvalue weighted by atomic mass is 16.3. The molecule has 0 radical (unpaired) electrons. The summed E-state index contributed by atoms with van der Waals surface area (Å²) in [6.45, 7) is 3.43. The Morgan fingerprint density at radius 1 is 1.36 bits per heavy atom. The van der Waals surface area contributed by atoms with Crippen LogP contribution in [0.15, 0.2) is 34.9 Å². The number of hydrogen-bond donors (Lipinski definition) is 2. The number of rotatable bonds is 5. The molecule has 132 valence electrons. The lowest BCUT2D eigenvalue weighted by Gasteiger charge is -2.16. The van der Waals surface area contributed by atoms with Crippen molar-refractivity contribution in [3.8, 4) is 11.5 Å². The number of aryl methyl sites for hydroxylation is 1. The Hall–Kier alpha value is -2.83. The number of oxazole rings is 1. The molecule has 3 N–H and O–H groups in total. The zero-order valence-electron chi connectivity index (χ0n) is 14.2. The van der Waals surface area contributed by atoms with E-state index >= 15 is 0 Å². The van der Waals surface area contributed by atoms with E-state index in [-0.39, 0.29) is 17.9 Å². The van der Waals surface area contributed by atoms with Crippen molar-refractivity contribution in [1.82, 2.24) is 15.2 Å². The summed E-state index contributed by atoms with van der Waals surface area (Å²) in [6, 6.07) is 7.78. The largest absolute Gasteiger partial charge is 0.444 e. The van der Waals surface area contributed by atoms with E-state index in [0.717, 1.165) is 11.3 Å². The molecule has 0 saturated carbocycles. The molecule has 3 rings (SSSR count). The lowest BCUT2D eigenvalue weighted by molar-refractivity contribution is -0.121. The van der Waals surface area contributed by atoms with Crippen LogP contribution in [0.3, 0.4) is 0 Å². The van der Waals surface area contributed by atoms with Gasteiger partial charge in [0.25, 0.3) is 0 Å². The van der Waals surface area contributed by atoms with Crippen LogP contribution in [-0.2, 0) is 11.2 Å². The van der Waals surface area contributed by atoms with E-state index in [0.29, 0.717) is 38.4 Å². The molecule has 7 nitrogen and oxygen atoms in total. The van der Waals surface area contributed by atoms with Gasteiger partial charge in [0, 0.05) is 31.6 Å². The molecule has 3 amide bonds. The molecule has 1 aromatic heterocycles. The lowest BCUT2D eigenvalue weighted by Crippen LogP contribution is -2.40. The van der Waals surface area contributed by atoms with E-state index in [1.165, 1.54) is 5.56 Å². The van der Waals surface area contributed by atoms with E-state index in [1.54, 1.807) is 11.2 Å². The number of nitrogens with zero attached hydrogens (tertiary/aromatic N) is 2. The summed E-state index contributed by atoms with van der Waals surface area (Å²) in [5.74, 6) is -0.00920. The van der Waals surface area contributed by atoms with Crippen LogP contribution in [0.4, 0.5) is 4.79 Å². The van der Waals surface area contributed by atoms with Gasteiger partial charge in [0.1, 0.15) is 6.26 Å². The maximum absolute atomic E-state index is 12.1. The first-order valence-corrected chi connectivity index (χ1v) is 8.36. The van der Waals surface area contributed by atoms with Crippen molar-refractivity contribution in [3.05, 3.63) is 41.8 Å². The first-order chi connectivity index (χ1) is 12.0. The highest BCUT2D eigenvalue weighted by Crippen LogP contribution is 2.19. The maximum atomic E-state index is 12.1. The average Bonchev–Trinajstić information content (AvgIpc) is 3.25. The van der Waals surface area contributed by atoms with Gasteiger partial charge in [-0.15, -0.1) is 0 Å². The molecule has 0 aliphatic carbocycles. The standard InChI is InChI=1S/C18H22N4O3/c1-12-2-4-13(5-3-12)17-21-15(11-25-17)6-8-20-18(24)22-9-7-14(10-22)16(19)23/h2-5,11,14H,6-10H2,1H3,(H2,19,23)(H,20,24)/t14-/m0/s1. The van der Waals surface area contributed by atoms with Crippen molar-refractivity contribution in [2.75, 3.05) is 19.6 Å². The quantitative estimate of drug-likeness (QED) is 0.863. The van der Waals surface area contributed by atoms with Crippen molar-refractivity contribution in [3.63, 3.8) is 0 Å². The monoisotopic (exact) mass is 342 g/mol. The first-order valence-electron chi connectivity index (χ1n) is 8.36. The number of carbonyl (C=O) groups excluding carboxylic acids is 2. The van der Waals surface area contributed by atoms with Gasteiger partial charge in [-0.05, 0) is 25.5 Å². The summed E-state index contributed by atoms with van der Waals surface area (Å²) in [4.78, 5) is 29.3. The summed E-state index contributed by atoms with van der Waals surface area (Å²) in [5.41, 5.74) is 8.17. The molecule has 1 aromatic carbocycles. The van der Waals surface area contributed by atoms with E-state index in [4.69, 9.17) is 10.2 Å². The van der Waals surface area contributed by atoms with Gasteiger partial charge in [0.2, 0.25) is 11.8 Å². The predicted molar refractivity (Wildman–Crippen MR) is 92.7 cm³/mol. The molecule has 0 spiro atoms. The summed E-state index contributed by atoms with van der Waals surface area (Å²) in [6.07, 6.45) is 2.82. The summed E-state index contributed by atoms with van der Waals surface area (Å²) in [7, 11) is 0. The zero-order chi connectivity index (χ0) is 17.8. The number of nitrogens with two attached hydrogens (primary N) is 1. The van der Waals surface area contributed by atoms with Gasteiger partial charge >= 0.3 is 6.03 Å². The normalized spacial score (nSPS) is 16.8. The zero-order valence-corrected chi connectivity index (χ0v) is 14.2. The molecule has 0 unspecified atom stereocenters. The smallest absolute Gasteiger partial charge is 0.317 e. The Balaban J connectivity index is 1.47. The molecule has 7 heteroatoms. The fraction of sp³-hybridized carbons (Fsp3) is 0.389. The highest BCUT2D eigenvalue weighted by molar-refractivity contribution is 5.80. The maximum Gasteiger partial charge on any atom is 0.317 e. The Bertz CT molecular complexity index is 754. The second kappa shape index (κ2) is 7.38. The molecule has 0 bridgehead atoms. The van der Waals surface area contributed by atoms with Gasteiger partial charge in [-0.25, -0.2) is 9.78 Å². The number of carbonyl (C=O) groups is 2. The second-order valence-electron chi connectivity index (χ2n) is 6.33. The number of likely N-dealkylation sites (tertiary alicyclic amines) is 1. The van der Waals surface area contributed by atoms with E-state index in [9.17, 15) is 9.59 Å². The first kappa shape index (κ1) is 17.0. The Morgan fingerprint density at radius 2 is 2.12 bits per heavy atom. The van der Waals surface area contributed by atoms with Crippen LogP contribution in [0.2, 0.25) is 0 Å². The molecular formula is C18H22N4O3. The third-order valence-electron chi connectivity index (χ3n) is 4.39. The van der Waals surface area contributed by atoms with Crippen molar-refractivity contribution in [2.45, 2.75) is 19.8 Å². The Morgan fingerprint density at radius 3 is 2.80 bits per heavy atom. The van der Waals surface area contributed by atoms with Gasteiger partial charge in [0.15, 0.2) is 0 Å². The number of primary amides is 1. The fourth-order valence-electron chi connectivity index (χ4n) is 2.84. The van der Waals surface area contributed by atoms with Crippen molar-refractivity contribution >= 4 is 11.9 Å². The topological polar surface area (TPSA) is 101 Å². The lowest BCUT2D eigenvalue weighted by atomic mass is 10.1. The fourth-order valence-corrected chi connectivity index (χ4v) is 2.84. The van der Waals surface area contributed by atoms with Crippen LogP contribution in [0.1, 0.15) is 17.7 Å². The number of aromatic nitrogens is 1. The molecular weight excluding hydrogens is 320 g/mol. The van der Waals surface area contributed by atoms with E-state index in [2.05, 4.69) is 10.3 Å². The number of urea groups is 1. The minimum Gasteiger partial charge on any atom is -0.444 e. The van der Waals surface area contributed by atoms with E-state index < -0.39 is 0 Å². The number of benzene rings is 1. The minimum atomic E-state index is -0.346. The molecule has 1 aliphatic rings. The number of amides is 3. The Kier molecular flexibility index (Phi) is 5.02. The molecule has 1 atom stereocenters. The third kappa shape index (κ3) is 4.17. The minimum absolute atomic E-state index is 0.175. The van der Waals surface area contributed by atoms with E-state index in [1.807, 2.05) is 31.2 Å². The average molecular weight is 342 g/mol. The van der Waals surface area contributed by atoms with Crippen molar-refractivity contribution < 1.29 is 14.0 Å². The SMILES string of the molecule is Cc1ccc(-c2nc(CCNC(=O)N3CC[C@H](C(N)=O)C3)co2)cc1. The summed E-state index contributed by atoms with van der Waals surface area (Å²) < 4.78 is 5.50. The highest BCUT2D eigenvalue weighted by Gasteiger charge is 2.29. The van der Waals surface area contributed by atoms with Crippen LogP contribution in [0.25, 0.3) is 11.5 Å². The summed E-state index contributed by atoms with van der Waals surface area (Å²) in [5, 5.41) is 2.84. The van der Waals surface area contributed by atoms with Crippen molar-refractivity contribution in [1.29, 1.82) is 0 Å². The molecule has 2 aromatic rings. The van der Waals surface area contributed by atoms with Gasteiger partial charge in [-0.1, -0.05) is 17.7 Å². The molecule has 25 heavy (non-hydrogen) atoms. The molecule has 1 aliphatic heterocycles. The van der Waals surface area contributed by atoms with Gasteiger partial charge in [0.05, 0.1) is 11.6 Å². The van der Waals surface area contributed by atoms with Gasteiger partial charge < -0.3 is 20.4 Å². The summed E-state index contributed by atoms with van der Waals surface area (Å²) >= 11 is 0. The molecule has 1 fully saturated rings. The van der Waals surface area contributed by atoms with Crippen LogP contribution < -0.4 is 11.1 Å². The van der Waals surface area contributed by atoms with Crippen LogP contribution in [-0.4, -0.2) is 41.5 Å². The second-order valence-corrected chi connectivity index (χ2v) is 6.33. The molecule has 2 heterocycles.